The molecule has 7 nitrogen and oxygen atoms in total. The van der Waals surface area contributed by atoms with E-state index in [1.165, 1.54) is 21.9 Å². The Morgan fingerprint density at radius 2 is 2.00 bits per heavy atom. The third-order valence-corrected chi connectivity index (χ3v) is 6.04. The fourth-order valence-corrected chi connectivity index (χ4v) is 4.31. The van der Waals surface area contributed by atoms with Crippen LogP contribution >= 0.6 is 11.3 Å². The zero-order valence-corrected chi connectivity index (χ0v) is 16.6. The van der Waals surface area contributed by atoms with Crippen molar-refractivity contribution in [1.82, 2.24) is 19.9 Å². The van der Waals surface area contributed by atoms with E-state index in [0.29, 0.717) is 11.5 Å². The maximum Gasteiger partial charge on any atom is 0.274 e. The number of hydrogen-bond acceptors (Lipinski definition) is 6. The summed E-state index contributed by atoms with van der Waals surface area (Å²) in [5.74, 6) is 0.408. The number of fused-ring (bicyclic) bond motifs is 1. The average molecular weight is 398 g/mol. The van der Waals surface area contributed by atoms with Gasteiger partial charge in [-0.2, -0.15) is 9.50 Å². The molecule has 8 heteroatoms. The van der Waals surface area contributed by atoms with Gasteiger partial charge in [0.25, 0.3) is 11.5 Å². The Morgan fingerprint density at radius 1 is 1.25 bits per heavy atom. The molecule has 0 bridgehead atoms. The van der Waals surface area contributed by atoms with Crippen LogP contribution < -0.4 is 15.8 Å². The van der Waals surface area contributed by atoms with Gasteiger partial charge in [0, 0.05) is 25.7 Å². The molecule has 0 saturated carbocycles. The number of aromatic nitrogens is 3. The molecule has 2 aromatic heterocycles. The molecule has 1 aliphatic heterocycles. The highest BCUT2D eigenvalue weighted by molar-refractivity contribution is 7.20. The first-order chi connectivity index (χ1) is 13.6. The summed E-state index contributed by atoms with van der Waals surface area (Å²) in [6.07, 6.45) is 2.96. The van der Waals surface area contributed by atoms with Crippen molar-refractivity contribution in [3.8, 4) is 0 Å². The van der Waals surface area contributed by atoms with Crippen LogP contribution in [-0.2, 0) is 6.42 Å². The summed E-state index contributed by atoms with van der Waals surface area (Å²) in [5.41, 5.74) is 0.960. The number of benzene rings is 1. The Bertz CT molecular complexity index is 1020. The van der Waals surface area contributed by atoms with Gasteiger partial charge < -0.3 is 10.2 Å². The summed E-state index contributed by atoms with van der Waals surface area (Å²) in [7, 11) is 0. The van der Waals surface area contributed by atoms with E-state index >= 15 is 0 Å². The number of nitrogens with one attached hydrogen (secondary N) is 1. The first-order valence-electron chi connectivity index (χ1n) is 9.58. The molecule has 4 rings (SSSR count). The largest absolute Gasteiger partial charge is 0.350 e. The minimum Gasteiger partial charge on any atom is -0.350 e. The van der Waals surface area contributed by atoms with Gasteiger partial charge in [0.05, 0.1) is 0 Å². The van der Waals surface area contributed by atoms with Crippen LogP contribution in [0.2, 0.25) is 0 Å². The third kappa shape index (κ3) is 4.06. The minimum atomic E-state index is -0.421. The molecular formula is C20H23N5O2S. The summed E-state index contributed by atoms with van der Waals surface area (Å²) >= 11 is 1.36. The van der Waals surface area contributed by atoms with Crippen molar-refractivity contribution < 1.29 is 4.79 Å². The summed E-state index contributed by atoms with van der Waals surface area (Å²) in [5, 5.41) is 8.28. The van der Waals surface area contributed by atoms with Crippen LogP contribution in [0.5, 0.6) is 0 Å². The van der Waals surface area contributed by atoms with E-state index in [2.05, 4.69) is 27.2 Å². The Balaban J connectivity index is 1.52. The van der Waals surface area contributed by atoms with Crippen LogP contribution in [0.3, 0.4) is 0 Å². The van der Waals surface area contributed by atoms with Crippen LogP contribution in [0, 0.1) is 5.92 Å². The predicted molar refractivity (Wildman–Crippen MR) is 110 cm³/mol. The summed E-state index contributed by atoms with van der Waals surface area (Å²) in [6, 6.07) is 11.2. The monoisotopic (exact) mass is 397 g/mol. The topological polar surface area (TPSA) is 79.6 Å². The zero-order valence-electron chi connectivity index (χ0n) is 15.8. The van der Waals surface area contributed by atoms with Crippen LogP contribution in [0.1, 0.15) is 35.8 Å². The second-order valence-electron chi connectivity index (χ2n) is 7.22. The van der Waals surface area contributed by atoms with Crippen molar-refractivity contribution in [1.29, 1.82) is 0 Å². The molecule has 0 aliphatic carbocycles. The molecule has 1 saturated heterocycles. The maximum atomic E-state index is 12.7. The van der Waals surface area contributed by atoms with Gasteiger partial charge in [0.15, 0.2) is 0 Å². The fourth-order valence-electron chi connectivity index (χ4n) is 3.35. The summed E-state index contributed by atoms with van der Waals surface area (Å²) < 4.78 is 1.50. The van der Waals surface area contributed by atoms with Gasteiger partial charge >= 0.3 is 0 Å². The van der Waals surface area contributed by atoms with Crippen molar-refractivity contribution in [2.75, 3.05) is 24.5 Å². The third-order valence-electron chi connectivity index (χ3n) is 5.07. The van der Waals surface area contributed by atoms with E-state index in [1.807, 2.05) is 30.3 Å². The van der Waals surface area contributed by atoms with Gasteiger partial charge in [0.1, 0.15) is 5.69 Å². The van der Waals surface area contributed by atoms with Gasteiger partial charge in [-0.05, 0) is 30.7 Å². The van der Waals surface area contributed by atoms with Crippen molar-refractivity contribution in [2.45, 2.75) is 26.2 Å². The normalized spacial score (nSPS) is 15.1. The molecule has 3 heterocycles. The second-order valence-corrected chi connectivity index (χ2v) is 8.15. The first-order valence-corrected chi connectivity index (χ1v) is 10.4. The second kappa shape index (κ2) is 8.10. The molecule has 0 atom stereocenters. The molecule has 1 aliphatic rings. The minimum absolute atomic E-state index is 0.232. The fraction of sp³-hybridized carbons (Fsp3) is 0.400. The Kier molecular flexibility index (Phi) is 5.38. The molecule has 1 fully saturated rings. The predicted octanol–water partition coefficient (Wildman–Crippen LogP) is 2.36. The van der Waals surface area contributed by atoms with E-state index in [-0.39, 0.29) is 11.6 Å². The quantitative estimate of drug-likeness (QED) is 0.715. The first kappa shape index (κ1) is 18.6. The van der Waals surface area contributed by atoms with Crippen LogP contribution in [0.15, 0.2) is 41.2 Å². The molecule has 0 radical (unpaired) electrons. The van der Waals surface area contributed by atoms with Gasteiger partial charge in [-0.1, -0.05) is 48.6 Å². The van der Waals surface area contributed by atoms with E-state index in [4.69, 9.17) is 0 Å². The van der Waals surface area contributed by atoms with Gasteiger partial charge in [-0.25, -0.2) is 0 Å². The SMILES string of the molecule is CC1CCN(c2nn3c(C(=O)NCCc4ccccc4)cc(=O)nc3s2)CC1. The lowest BCUT2D eigenvalue weighted by molar-refractivity contribution is 0.0946. The standard InChI is InChI=1S/C20H23N5O2S/c1-14-8-11-24(12-9-14)20-23-25-16(13-17(26)22-19(25)28-20)18(27)21-10-7-15-5-3-2-4-6-15/h2-6,13-14H,7-12H2,1H3,(H,21,27). The lowest BCUT2D eigenvalue weighted by atomic mass is 10.00. The number of amides is 1. The lowest BCUT2D eigenvalue weighted by Crippen LogP contribution is -2.33. The molecular weight excluding hydrogens is 374 g/mol. The van der Waals surface area contributed by atoms with E-state index in [1.54, 1.807) is 0 Å². The van der Waals surface area contributed by atoms with Crippen LogP contribution in [0.4, 0.5) is 5.13 Å². The van der Waals surface area contributed by atoms with Crippen molar-refractivity contribution in [3.05, 3.63) is 58.0 Å². The number of piperidine rings is 1. The Morgan fingerprint density at radius 3 is 2.75 bits per heavy atom. The summed E-state index contributed by atoms with van der Waals surface area (Å²) in [4.78, 5) is 31.4. The van der Waals surface area contributed by atoms with Crippen LogP contribution in [-0.4, -0.2) is 40.1 Å². The Labute approximate surface area is 167 Å². The number of carbonyl (C=O) groups excluding carboxylic acids is 1. The van der Waals surface area contributed by atoms with Crippen LogP contribution in [0.25, 0.3) is 4.96 Å². The highest BCUT2D eigenvalue weighted by atomic mass is 32.1. The molecule has 1 N–H and O–H groups in total. The highest BCUT2D eigenvalue weighted by Crippen LogP contribution is 2.27. The van der Waals surface area contributed by atoms with E-state index < -0.39 is 5.56 Å². The molecule has 0 spiro atoms. The molecule has 0 unspecified atom stereocenters. The molecule has 28 heavy (non-hydrogen) atoms. The summed E-state index contributed by atoms with van der Waals surface area (Å²) in [6.45, 7) is 4.62. The molecule has 146 valence electrons. The van der Waals surface area contributed by atoms with Gasteiger partial charge in [0.2, 0.25) is 10.1 Å². The van der Waals surface area contributed by atoms with Crippen molar-refractivity contribution >= 4 is 27.3 Å². The van der Waals surface area contributed by atoms with E-state index in [0.717, 1.165) is 49.0 Å². The number of anilines is 1. The number of carbonyl (C=O) groups is 1. The number of rotatable bonds is 5. The highest BCUT2D eigenvalue weighted by Gasteiger charge is 2.21. The number of hydrogen-bond donors (Lipinski definition) is 1. The lowest BCUT2D eigenvalue weighted by Gasteiger charge is -2.29. The molecule has 1 amide bonds. The molecule has 1 aromatic carbocycles. The average Bonchev–Trinajstić information content (AvgIpc) is 3.12. The maximum absolute atomic E-state index is 12.7. The van der Waals surface area contributed by atoms with Gasteiger partial charge in [-0.3, -0.25) is 9.59 Å². The zero-order chi connectivity index (χ0) is 19.5. The van der Waals surface area contributed by atoms with Crippen molar-refractivity contribution in [3.63, 3.8) is 0 Å². The molecule has 3 aromatic rings. The van der Waals surface area contributed by atoms with Crippen molar-refractivity contribution in [2.24, 2.45) is 5.92 Å². The number of nitrogens with zero attached hydrogens (tertiary/aromatic N) is 4. The smallest absolute Gasteiger partial charge is 0.274 e. The van der Waals surface area contributed by atoms with Gasteiger partial charge in [-0.15, -0.1) is 5.10 Å². The van der Waals surface area contributed by atoms with E-state index in [9.17, 15) is 9.59 Å². The Hall–Kier alpha value is -2.74.